The van der Waals surface area contributed by atoms with E-state index in [0.29, 0.717) is 11.3 Å². The summed E-state index contributed by atoms with van der Waals surface area (Å²) >= 11 is 0.447. The van der Waals surface area contributed by atoms with E-state index in [-0.39, 0.29) is 24.3 Å². The highest BCUT2D eigenvalue weighted by molar-refractivity contribution is 7.15. The molecule has 0 radical (unpaired) electrons. The predicted octanol–water partition coefficient (Wildman–Crippen LogP) is 2.09. The van der Waals surface area contributed by atoms with Crippen LogP contribution in [0.1, 0.15) is 24.8 Å². The molecule has 1 fully saturated rings. The van der Waals surface area contributed by atoms with Crippen molar-refractivity contribution in [2.45, 2.75) is 32.0 Å². The number of carbonyl (C=O) groups excluding carboxylic acids is 1. The Labute approximate surface area is 111 Å². The van der Waals surface area contributed by atoms with Crippen LogP contribution in [0.25, 0.3) is 0 Å². The van der Waals surface area contributed by atoms with Gasteiger partial charge in [-0.3, -0.25) is 4.79 Å². The predicted molar refractivity (Wildman–Crippen MR) is 61.9 cm³/mol. The van der Waals surface area contributed by atoms with Crippen molar-refractivity contribution in [2.24, 2.45) is 0 Å². The number of anilines is 1. The summed E-state index contributed by atoms with van der Waals surface area (Å²) in [5.41, 5.74) is 0. The maximum Gasteiger partial charge on any atom is 0.445 e. The fourth-order valence-corrected chi connectivity index (χ4v) is 2.31. The number of hydrogen-bond donors (Lipinski definition) is 0. The Morgan fingerprint density at radius 2 is 2.16 bits per heavy atom. The zero-order valence-corrected chi connectivity index (χ0v) is 10.9. The number of carbonyl (C=O) groups is 1. The summed E-state index contributed by atoms with van der Waals surface area (Å²) in [4.78, 5) is 13.0. The van der Waals surface area contributed by atoms with Crippen molar-refractivity contribution < 1.29 is 22.7 Å². The highest BCUT2D eigenvalue weighted by atomic mass is 32.1. The second-order valence-corrected chi connectivity index (χ2v) is 5.01. The fourth-order valence-electron chi connectivity index (χ4n) is 1.53. The van der Waals surface area contributed by atoms with E-state index < -0.39 is 17.2 Å². The van der Waals surface area contributed by atoms with Crippen LogP contribution in [0.15, 0.2) is 0 Å². The Morgan fingerprint density at radius 3 is 2.63 bits per heavy atom. The van der Waals surface area contributed by atoms with Crippen LogP contribution in [0.5, 0.6) is 0 Å². The fraction of sp³-hybridized carbons (Fsp3) is 0.700. The lowest BCUT2D eigenvalue weighted by Crippen LogP contribution is -2.32. The number of hydrogen-bond acceptors (Lipinski definition) is 6. The Kier molecular flexibility index (Phi) is 3.93. The van der Waals surface area contributed by atoms with Crippen LogP contribution in [0.4, 0.5) is 18.3 Å². The third kappa shape index (κ3) is 3.55. The smallest absolute Gasteiger partial charge is 0.445 e. The van der Waals surface area contributed by atoms with E-state index >= 15 is 0 Å². The summed E-state index contributed by atoms with van der Waals surface area (Å²) in [6.07, 6.45) is -2.84. The van der Waals surface area contributed by atoms with E-state index in [1.165, 1.54) is 4.90 Å². The highest BCUT2D eigenvalue weighted by Crippen LogP contribution is 2.38. The van der Waals surface area contributed by atoms with Crippen molar-refractivity contribution in [1.82, 2.24) is 10.2 Å². The molecule has 0 bridgehead atoms. The molecule has 0 atom stereocenters. The molecule has 0 aliphatic heterocycles. The lowest BCUT2D eigenvalue weighted by atomic mass is 10.5. The van der Waals surface area contributed by atoms with Gasteiger partial charge in [0.15, 0.2) is 0 Å². The summed E-state index contributed by atoms with van der Waals surface area (Å²) in [5, 5.41) is 5.76. The second-order valence-electron chi connectivity index (χ2n) is 4.05. The van der Waals surface area contributed by atoms with Crippen LogP contribution in [0.2, 0.25) is 0 Å². The first kappa shape index (κ1) is 14.0. The first-order chi connectivity index (χ1) is 8.91. The standard InChI is InChI=1S/C10H12F3N3O2S/c1-2-18-7(17)5-16(6-3-4-6)9-15-14-8(19-9)10(11,12)13/h6H,2-5H2,1H3. The minimum Gasteiger partial charge on any atom is -0.465 e. The molecule has 0 saturated heterocycles. The van der Waals surface area contributed by atoms with Crippen LogP contribution in [-0.4, -0.2) is 35.4 Å². The van der Waals surface area contributed by atoms with Gasteiger partial charge in [0, 0.05) is 6.04 Å². The Balaban J connectivity index is 2.11. The molecule has 1 aliphatic rings. The molecule has 0 unspecified atom stereocenters. The minimum atomic E-state index is -4.50. The van der Waals surface area contributed by atoms with Crippen LogP contribution in [0, 0.1) is 0 Å². The number of rotatable bonds is 5. The maximum absolute atomic E-state index is 12.5. The lowest BCUT2D eigenvalue weighted by molar-refractivity contribution is -0.141. The second kappa shape index (κ2) is 5.32. The molecule has 19 heavy (non-hydrogen) atoms. The number of nitrogens with zero attached hydrogens (tertiary/aromatic N) is 3. The SMILES string of the molecule is CCOC(=O)CN(c1nnc(C(F)(F)F)s1)C1CC1. The molecule has 0 spiro atoms. The normalized spacial score (nSPS) is 15.4. The van der Waals surface area contributed by atoms with Gasteiger partial charge >= 0.3 is 12.1 Å². The lowest BCUT2D eigenvalue weighted by Gasteiger charge is -2.19. The molecule has 1 aromatic rings. The number of halogens is 3. The summed E-state index contributed by atoms with van der Waals surface area (Å²) in [6, 6.07) is 0.0541. The molecule has 0 N–H and O–H groups in total. The van der Waals surface area contributed by atoms with Crippen molar-refractivity contribution in [1.29, 1.82) is 0 Å². The van der Waals surface area contributed by atoms with Crippen LogP contribution in [-0.2, 0) is 15.7 Å². The van der Waals surface area contributed by atoms with Gasteiger partial charge in [0.05, 0.1) is 6.61 Å². The van der Waals surface area contributed by atoms with E-state index in [4.69, 9.17) is 4.74 Å². The summed E-state index contributed by atoms with van der Waals surface area (Å²) in [7, 11) is 0. The first-order valence-corrected chi connectivity index (χ1v) is 6.56. The van der Waals surface area contributed by atoms with Gasteiger partial charge in [-0.05, 0) is 19.8 Å². The van der Waals surface area contributed by atoms with E-state index in [2.05, 4.69) is 10.2 Å². The number of aromatic nitrogens is 2. The molecule has 9 heteroatoms. The zero-order chi connectivity index (χ0) is 14.0. The molecule has 5 nitrogen and oxygen atoms in total. The Morgan fingerprint density at radius 1 is 1.47 bits per heavy atom. The van der Waals surface area contributed by atoms with Gasteiger partial charge in [0.1, 0.15) is 6.54 Å². The van der Waals surface area contributed by atoms with Crippen molar-refractivity contribution in [2.75, 3.05) is 18.1 Å². The molecular weight excluding hydrogens is 283 g/mol. The number of ether oxygens (including phenoxy) is 1. The van der Waals surface area contributed by atoms with E-state index in [1.54, 1.807) is 6.92 Å². The van der Waals surface area contributed by atoms with Crippen molar-refractivity contribution in [3.63, 3.8) is 0 Å². The summed E-state index contributed by atoms with van der Waals surface area (Å²) in [6.45, 7) is 1.82. The maximum atomic E-state index is 12.5. The van der Waals surface area contributed by atoms with Gasteiger partial charge in [-0.1, -0.05) is 11.3 Å². The van der Waals surface area contributed by atoms with E-state index in [9.17, 15) is 18.0 Å². The van der Waals surface area contributed by atoms with Gasteiger partial charge in [0.25, 0.3) is 0 Å². The van der Waals surface area contributed by atoms with Crippen molar-refractivity contribution in [3.05, 3.63) is 5.01 Å². The highest BCUT2D eigenvalue weighted by Gasteiger charge is 2.38. The third-order valence-electron chi connectivity index (χ3n) is 2.49. The van der Waals surface area contributed by atoms with Gasteiger partial charge in [-0.15, -0.1) is 10.2 Å². The Bertz CT molecular complexity index is 459. The summed E-state index contributed by atoms with van der Waals surface area (Å²) in [5.74, 6) is -0.474. The average Bonchev–Trinajstić information content (AvgIpc) is 3.01. The van der Waals surface area contributed by atoms with Gasteiger partial charge < -0.3 is 9.64 Å². The first-order valence-electron chi connectivity index (χ1n) is 5.74. The monoisotopic (exact) mass is 295 g/mol. The quantitative estimate of drug-likeness (QED) is 0.779. The topological polar surface area (TPSA) is 55.3 Å². The average molecular weight is 295 g/mol. The molecule has 1 aliphatic carbocycles. The zero-order valence-electron chi connectivity index (χ0n) is 10.1. The van der Waals surface area contributed by atoms with Gasteiger partial charge in [0.2, 0.25) is 10.1 Å². The molecular formula is C10H12F3N3O2S. The van der Waals surface area contributed by atoms with E-state index in [0.717, 1.165) is 12.8 Å². The molecule has 1 aromatic heterocycles. The van der Waals surface area contributed by atoms with Gasteiger partial charge in [-0.25, -0.2) is 0 Å². The van der Waals surface area contributed by atoms with Crippen molar-refractivity contribution >= 4 is 22.4 Å². The minimum absolute atomic E-state index is 0.0541. The molecule has 106 valence electrons. The van der Waals surface area contributed by atoms with Crippen LogP contribution < -0.4 is 4.90 Å². The Hall–Kier alpha value is -1.38. The third-order valence-corrected chi connectivity index (χ3v) is 3.50. The molecule has 0 aromatic carbocycles. The number of esters is 1. The summed E-state index contributed by atoms with van der Waals surface area (Å²) < 4.78 is 42.2. The molecule has 1 heterocycles. The molecule has 2 rings (SSSR count). The van der Waals surface area contributed by atoms with E-state index in [1.807, 2.05) is 0 Å². The molecule has 0 amide bonds. The molecule has 1 saturated carbocycles. The number of alkyl halides is 3. The largest absolute Gasteiger partial charge is 0.465 e. The van der Waals surface area contributed by atoms with Crippen molar-refractivity contribution in [3.8, 4) is 0 Å². The van der Waals surface area contributed by atoms with Crippen LogP contribution in [0.3, 0.4) is 0 Å². The van der Waals surface area contributed by atoms with Crippen LogP contribution >= 0.6 is 11.3 Å². The van der Waals surface area contributed by atoms with Gasteiger partial charge in [-0.2, -0.15) is 13.2 Å².